The third kappa shape index (κ3) is 4.06. The molecule has 0 amide bonds. The van der Waals surface area contributed by atoms with Gasteiger partial charge in [0.2, 0.25) is 0 Å². The van der Waals surface area contributed by atoms with Crippen LogP contribution < -0.4 is 5.32 Å². The van der Waals surface area contributed by atoms with Crippen LogP contribution in [0.4, 0.5) is 0 Å². The number of rotatable bonds is 4. The summed E-state index contributed by atoms with van der Waals surface area (Å²) < 4.78 is 2.10. The van der Waals surface area contributed by atoms with Gasteiger partial charge >= 0.3 is 0 Å². The quantitative estimate of drug-likeness (QED) is 0.724. The molecule has 0 bridgehead atoms. The largest absolute Gasteiger partial charge is 0.313 e. The summed E-state index contributed by atoms with van der Waals surface area (Å²) in [6.45, 7) is 0. The van der Waals surface area contributed by atoms with E-state index in [9.17, 15) is 0 Å². The van der Waals surface area contributed by atoms with Gasteiger partial charge in [0.15, 0.2) is 0 Å². The molecule has 2 aromatic rings. The van der Waals surface area contributed by atoms with Crippen molar-refractivity contribution in [2.75, 3.05) is 7.05 Å². The van der Waals surface area contributed by atoms with Gasteiger partial charge in [0.05, 0.1) is 0 Å². The van der Waals surface area contributed by atoms with Crippen LogP contribution >= 0.6 is 43.5 Å². The summed E-state index contributed by atoms with van der Waals surface area (Å²) in [7, 11) is 1.96. The summed E-state index contributed by atoms with van der Waals surface area (Å²) in [5, 5.41) is 4.11. The van der Waals surface area contributed by atoms with Crippen molar-refractivity contribution in [1.29, 1.82) is 0 Å². The summed E-state index contributed by atoms with van der Waals surface area (Å²) in [4.78, 5) is 0. The van der Waals surface area contributed by atoms with E-state index in [4.69, 9.17) is 11.6 Å². The fourth-order valence-corrected chi connectivity index (χ4v) is 3.30. The molecule has 1 unspecified atom stereocenters. The van der Waals surface area contributed by atoms with Crippen molar-refractivity contribution < 1.29 is 0 Å². The van der Waals surface area contributed by atoms with Crippen molar-refractivity contribution in [3.05, 3.63) is 67.6 Å². The molecule has 0 aromatic heterocycles. The highest BCUT2D eigenvalue weighted by molar-refractivity contribution is 9.10. The van der Waals surface area contributed by atoms with E-state index in [0.717, 1.165) is 26.0 Å². The highest BCUT2D eigenvalue weighted by Crippen LogP contribution is 2.28. The highest BCUT2D eigenvalue weighted by atomic mass is 79.9. The summed E-state index contributed by atoms with van der Waals surface area (Å²) >= 11 is 13.3. The Bertz CT molecular complexity index is 572. The average molecular weight is 404 g/mol. The highest BCUT2D eigenvalue weighted by Gasteiger charge is 2.13. The molecule has 2 aromatic carbocycles. The lowest BCUT2D eigenvalue weighted by molar-refractivity contribution is 0.592. The molecule has 2 rings (SSSR count). The van der Waals surface area contributed by atoms with Crippen LogP contribution in [0.1, 0.15) is 17.2 Å². The molecular weight excluding hydrogens is 389 g/mol. The van der Waals surface area contributed by atoms with Gasteiger partial charge in [-0.25, -0.2) is 0 Å². The van der Waals surface area contributed by atoms with Crippen LogP contribution in [0.25, 0.3) is 0 Å². The standard InChI is InChI=1S/C15H14Br2ClN/c1-19-15(8-10-3-2-4-11(16)7-10)13-6-5-12(17)9-14(13)18/h2-7,9,15,19H,8H2,1H3. The van der Waals surface area contributed by atoms with E-state index in [1.54, 1.807) is 0 Å². The zero-order valence-corrected chi connectivity index (χ0v) is 14.4. The van der Waals surface area contributed by atoms with Gasteiger partial charge in [-0.3, -0.25) is 0 Å². The van der Waals surface area contributed by atoms with E-state index in [1.165, 1.54) is 5.56 Å². The third-order valence-corrected chi connectivity index (χ3v) is 4.33. The minimum Gasteiger partial charge on any atom is -0.313 e. The van der Waals surface area contributed by atoms with E-state index >= 15 is 0 Å². The Kier molecular flexibility index (Phi) is 5.46. The normalized spacial score (nSPS) is 12.4. The van der Waals surface area contributed by atoms with Crippen molar-refractivity contribution in [3.63, 3.8) is 0 Å². The Morgan fingerprint density at radius 1 is 1.11 bits per heavy atom. The molecule has 0 saturated carbocycles. The second kappa shape index (κ2) is 6.89. The molecule has 0 spiro atoms. The Morgan fingerprint density at radius 2 is 1.84 bits per heavy atom. The van der Waals surface area contributed by atoms with E-state index in [2.05, 4.69) is 61.4 Å². The predicted octanol–water partition coefficient (Wildman–Crippen LogP) is 5.37. The molecule has 0 fully saturated rings. The monoisotopic (exact) mass is 401 g/mol. The lowest BCUT2D eigenvalue weighted by Gasteiger charge is -2.18. The fraction of sp³-hybridized carbons (Fsp3) is 0.200. The molecule has 1 atom stereocenters. The summed E-state index contributed by atoms with van der Waals surface area (Å²) in [6, 6.07) is 14.6. The minimum absolute atomic E-state index is 0.204. The van der Waals surface area contributed by atoms with Gasteiger partial charge in [-0.2, -0.15) is 0 Å². The summed E-state index contributed by atoms with van der Waals surface area (Å²) in [6.07, 6.45) is 0.900. The SMILES string of the molecule is CNC(Cc1cccc(Br)c1)c1ccc(Br)cc1Cl. The molecule has 19 heavy (non-hydrogen) atoms. The zero-order chi connectivity index (χ0) is 13.8. The average Bonchev–Trinajstić information content (AvgIpc) is 2.37. The number of nitrogens with one attached hydrogen (secondary N) is 1. The first-order valence-corrected chi connectivity index (χ1v) is 7.93. The Morgan fingerprint density at radius 3 is 2.47 bits per heavy atom. The molecule has 0 aliphatic carbocycles. The number of hydrogen-bond acceptors (Lipinski definition) is 1. The third-order valence-electron chi connectivity index (χ3n) is 3.02. The first kappa shape index (κ1) is 15.0. The van der Waals surface area contributed by atoms with E-state index in [0.29, 0.717) is 0 Å². The van der Waals surface area contributed by atoms with Crippen molar-refractivity contribution in [2.45, 2.75) is 12.5 Å². The lowest BCUT2D eigenvalue weighted by Crippen LogP contribution is -2.19. The summed E-state index contributed by atoms with van der Waals surface area (Å²) in [5.74, 6) is 0. The van der Waals surface area contributed by atoms with E-state index < -0.39 is 0 Å². The molecule has 0 saturated heterocycles. The molecule has 0 radical (unpaired) electrons. The smallest absolute Gasteiger partial charge is 0.0465 e. The number of likely N-dealkylation sites (N-methyl/N-ethyl adjacent to an activating group) is 1. The minimum atomic E-state index is 0.204. The molecule has 0 aliphatic heterocycles. The molecule has 0 heterocycles. The second-order valence-corrected chi connectivity index (χ2v) is 6.58. The zero-order valence-electron chi connectivity index (χ0n) is 10.5. The molecule has 100 valence electrons. The van der Waals surface area contributed by atoms with Crippen LogP contribution in [0.5, 0.6) is 0 Å². The second-order valence-electron chi connectivity index (χ2n) is 4.34. The predicted molar refractivity (Wildman–Crippen MR) is 88.8 cm³/mol. The van der Waals surface area contributed by atoms with Crippen molar-refractivity contribution in [2.24, 2.45) is 0 Å². The Balaban J connectivity index is 2.25. The van der Waals surface area contributed by atoms with Gasteiger partial charge in [0.25, 0.3) is 0 Å². The van der Waals surface area contributed by atoms with Crippen LogP contribution in [0.2, 0.25) is 5.02 Å². The topological polar surface area (TPSA) is 12.0 Å². The molecule has 0 aliphatic rings. The number of hydrogen-bond donors (Lipinski definition) is 1. The van der Waals surface area contributed by atoms with Crippen LogP contribution in [0.3, 0.4) is 0 Å². The Labute approximate surface area is 135 Å². The van der Waals surface area contributed by atoms with Crippen LogP contribution in [-0.4, -0.2) is 7.05 Å². The van der Waals surface area contributed by atoms with Gasteiger partial charge in [-0.15, -0.1) is 0 Å². The number of benzene rings is 2. The van der Waals surface area contributed by atoms with Crippen molar-refractivity contribution in [1.82, 2.24) is 5.32 Å². The maximum atomic E-state index is 6.32. The molecule has 4 heteroatoms. The van der Waals surface area contributed by atoms with Gasteiger partial charge in [0.1, 0.15) is 0 Å². The molecular formula is C15H14Br2ClN. The van der Waals surface area contributed by atoms with Gasteiger partial charge in [-0.05, 0) is 48.9 Å². The van der Waals surface area contributed by atoms with E-state index in [-0.39, 0.29) is 6.04 Å². The molecule has 1 nitrogen and oxygen atoms in total. The summed E-state index contributed by atoms with van der Waals surface area (Å²) in [5.41, 5.74) is 2.39. The maximum Gasteiger partial charge on any atom is 0.0465 e. The van der Waals surface area contributed by atoms with E-state index in [1.807, 2.05) is 25.2 Å². The molecule has 1 N–H and O–H groups in total. The van der Waals surface area contributed by atoms with Crippen LogP contribution in [0.15, 0.2) is 51.4 Å². The van der Waals surface area contributed by atoms with Gasteiger partial charge in [0, 0.05) is 20.0 Å². The fourth-order valence-electron chi connectivity index (χ4n) is 2.05. The Hall–Kier alpha value is -0.350. The first-order valence-electron chi connectivity index (χ1n) is 5.97. The van der Waals surface area contributed by atoms with Gasteiger partial charge < -0.3 is 5.32 Å². The van der Waals surface area contributed by atoms with Crippen LogP contribution in [-0.2, 0) is 6.42 Å². The first-order chi connectivity index (χ1) is 9.10. The van der Waals surface area contributed by atoms with Gasteiger partial charge in [-0.1, -0.05) is 61.7 Å². The number of halogens is 3. The maximum absolute atomic E-state index is 6.32. The van der Waals surface area contributed by atoms with Crippen LogP contribution in [0, 0.1) is 0 Å². The van der Waals surface area contributed by atoms with Crippen molar-refractivity contribution in [3.8, 4) is 0 Å². The van der Waals surface area contributed by atoms with Crippen molar-refractivity contribution >= 4 is 43.5 Å². The lowest BCUT2D eigenvalue weighted by atomic mass is 9.99.